The molecule has 1 heterocycles. The van der Waals surface area contributed by atoms with Gasteiger partial charge in [-0.15, -0.1) is 11.3 Å². The highest BCUT2D eigenvalue weighted by Gasteiger charge is 2.52. The van der Waals surface area contributed by atoms with Crippen molar-refractivity contribution in [1.82, 2.24) is 0 Å². The summed E-state index contributed by atoms with van der Waals surface area (Å²) in [5, 5.41) is 3.93. The molecule has 2 aliphatic carbocycles. The summed E-state index contributed by atoms with van der Waals surface area (Å²) in [4.78, 5) is 1.31. The SMILES string of the molecule is CC(C)(C)c1ccc(C2(c3ccc(C(C)(C)C)cc3)c3cc(-c4cc5ccccc5s4)c4ccccc4c3-c3ccc4c(c32)C(C)(C)c2ccccc2-4)cc1. The van der Waals surface area contributed by atoms with Gasteiger partial charge in [0.05, 0.1) is 5.41 Å². The summed E-state index contributed by atoms with van der Waals surface area (Å²) in [5.74, 6) is 0. The number of thiophene rings is 1. The van der Waals surface area contributed by atoms with E-state index in [4.69, 9.17) is 0 Å². The Morgan fingerprint density at radius 3 is 1.65 bits per heavy atom. The summed E-state index contributed by atoms with van der Waals surface area (Å²) >= 11 is 1.91. The summed E-state index contributed by atoms with van der Waals surface area (Å²) in [6.45, 7) is 18.8. The Morgan fingerprint density at radius 2 is 1.02 bits per heavy atom. The Bertz CT molecular complexity index is 2740. The summed E-state index contributed by atoms with van der Waals surface area (Å²) < 4.78 is 1.32. The number of benzene rings is 7. The lowest BCUT2D eigenvalue weighted by Gasteiger charge is -2.38. The minimum absolute atomic E-state index is 0.0426. The molecule has 0 spiro atoms. The van der Waals surface area contributed by atoms with Crippen molar-refractivity contribution in [3.8, 4) is 32.7 Å². The van der Waals surface area contributed by atoms with E-state index < -0.39 is 5.41 Å². The topological polar surface area (TPSA) is 0 Å². The first-order valence-electron chi connectivity index (χ1n) is 19.8. The largest absolute Gasteiger partial charge is 0.135 e. The van der Waals surface area contributed by atoms with Crippen LogP contribution in [-0.4, -0.2) is 0 Å². The maximum absolute atomic E-state index is 2.60. The molecule has 0 atom stereocenters. The van der Waals surface area contributed by atoms with Crippen molar-refractivity contribution in [2.24, 2.45) is 0 Å². The van der Waals surface area contributed by atoms with Gasteiger partial charge in [-0.25, -0.2) is 0 Å². The highest BCUT2D eigenvalue weighted by molar-refractivity contribution is 7.22. The van der Waals surface area contributed by atoms with Gasteiger partial charge in [-0.1, -0.05) is 183 Å². The fourth-order valence-electron chi connectivity index (χ4n) is 10.1. The first kappa shape index (κ1) is 34.3. The van der Waals surface area contributed by atoms with Crippen LogP contribution in [0.25, 0.3) is 53.6 Å². The van der Waals surface area contributed by atoms with Crippen LogP contribution in [0.4, 0.5) is 0 Å². The number of hydrogen-bond donors (Lipinski definition) is 0. The minimum atomic E-state index is -0.572. The van der Waals surface area contributed by atoms with Gasteiger partial charge in [0.25, 0.3) is 0 Å². The molecule has 0 saturated heterocycles. The molecule has 0 fully saturated rings. The van der Waals surface area contributed by atoms with E-state index in [9.17, 15) is 0 Å². The van der Waals surface area contributed by atoms with Crippen molar-refractivity contribution in [1.29, 1.82) is 0 Å². The van der Waals surface area contributed by atoms with Gasteiger partial charge < -0.3 is 0 Å². The van der Waals surface area contributed by atoms with Crippen LogP contribution >= 0.6 is 11.3 Å². The summed E-state index contributed by atoms with van der Waals surface area (Å²) in [5.41, 5.74) is 17.1. The second kappa shape index (κ2) is 11.6. The molecule has 0 bridgehead atoms. The van der Waals surface area contributed by atoms with E-state index in [1.807, 2.05) is 11.3 Å². The molecule has 0 amide bonds. The molecule has 0 N–H and O–H groups in total. The van der Waals surface area contributed by atoms with E-state index in [-0.39, 0.29) is 16.2 Å². The summed E-state index contributed by atoms with van der Waals surface area (Å²) in [6, 6.07) is 56.5. The molecule has 1 heteroatoms. The van der Waals surface area contributed by atoms with Gasteiger partial charge in [0.2, 0.25) is 0 Å². The summed E-state index contributed by atoms with van der Waals surface area (Å²) in [6.07, 6.45) is 0. The van der Waals surface area contributed by atoms with Gasteiger partial charge in [0, 0.05) is 15.0 Å². The fourth-order valence-corrected chi connectivity index (χ4v) is 11.2. The van der Waals surface area contributed by atoms with Crippen LogP contribution in [0.2, 0.25) is 0 Å². The lowest BCUT2D eigenvalue weighted by Crippen LogP contribution is -2.32. The molecule has 55 heavy (non-hydrogen) atoms. The van der Waals surface area contributed by atoms with Gasteiger partial charge in [-0.05, 0) is 118 Å². The molecule has 270 valence electrons. The zero-order valence-corrected chi connectivity index (χ0v) is 34.1. The summed E-state index contributed by atoms with van der Waals surface area (Å²) in [7, 11) is 0. The lowest BCUT2D eigenvalue weighted by atomic mass is 9.63. The molecule has 1 aromatic heterocycles. The van der Waals surface area contributed by atoms with Crippen LogP contribution in [-0.2, 0) is 21.7 Å². The van der Waals surface area contributed by atoms with E-state index in [0.717, 1.165) is 0 Å². The number of hydrogen-bond acceptors (Lipinski definition) is 1. The van der Waals surface area contributed by atoms with Gasteiger partial charge in [0.15, 0.2) is 0 Å². The molecular weight excluding hydrogens is 681 g/mol. The molecule has 0 radical (unpaired) electrons. The second-order valence-corrected chi connectivity index (χ2v) is 19.6. The van der Waals surface area contributed by atoms with E-state index >= 15 is 0 Å². The molecule has 0 saturated carbocycles. The smallest absolute Gasteiger partial charge is 0.0717 e. The predicted molar refractivity (Wildman–Crippen MR) is 237 cm³/mol. The van der Waals surface area contributed by atoms with Gasteiger partial charge in [0.1, 0.15) is 0 Å². The number of rotatable bonds is 3. The average molecular weight is 729 g/mol. The van der Waals surface area contributed by atoms with Gasteiger partial charge >= 0.3 is 0 Å². The third-order valence-electron chi connectivity index (χ3n) is 12.9. The predicted octanol–water partition coefficient (Wildman–Crippen LogP) is 15.0. The molecule has 7 aromatic carbocycles. The molecule has 0 unspecified atom stereocenters. The van der Waals surface area contributed by atoms with E-state index in [1.54, 1.807) is 0 Å². The molecule has 2 aliphatic rings. The zero-order chi connectivity index (χ0) is 38.1. The van der Waals surface area contributed by atoms with Crippen LogP contribution in [0, 0.1) is 0 Å². The van der Waals surface area contributed by atoms with Gasteiger partial charge in [-0.2, -0.15) is 0 Å². The van der Waals surface area contributed by atoms with Crippen molar-refractivity contribution in [3.05, 3.63) is 190 Å². The highest BCUT2D eigenvalue weighted by Crippen LogP contribution is 2.64. The monoisotopic (exact) mass is 728 g/mol. The van der Waals surface area contributed by atoms with Crippen LogP contribution in [0.3, 0.4) is 0 Å². The van der Waals surface area contributed by atoms with Crippen molar-refractivity contribution >= 4 is 32.2 Å². The third-order valence-corrected chi connectivity index (χ3v) is 14.0. The Balaban J connectivity index is 1.41. The molecule has 10 rings (SSSR count). The molecule has 8 aromatic rings. The maximum Gasteiger partial charge on any atom is 0.0717 e. The zero-order valence-electron chi connectivity index (χ0n) is 33.3. The first-order valence-corrected chi connectivity index (χ1v) is 20.7. The van der Waals surface area contributed by atoms with Crippen LogP contribution < -0.4 is 0 Å². The Morgan fingerprint density at radius 1 is 0.455 bits per heavy atom. The Labute approximate surface area is 330 Å². The van der Waals surface area contributed by atoms with E-state index in [2.05, 4.69) is 201 Å². The second-order valence-electron chi connectivity index (χ2n) is 18.5. The Kier molecular flexibility index (Phi) is 7.25. The van der Waals surface area contributed by atoms with Crippen molar-refractivity contribution in [3.63, 3.8) is 0 Å². The minimum Gasteiger partial charge on any atom is -0.135 e. The van der Waals surface area contributed by atoms with Crippen molar-refractivity contribution in [2.45, 2.75) is 77.0 Å². The average Bonchev–Trinajstić information content (AvgIpc) is 3.81. The molecule has 0 aliphatic heterocycles. The highest BCUT2D eigenvalue weighted by atomic mass is 32.1. The lowest BCUT2D eigenvalue weighted by molar-refractivity contribution is 0.588. The Hall–Kier alpha value is -5.24. The first-order chi connectivity index (χ1) is 26.3. The fraction of sp³-hybridized carbons (Fsp3) is 0.222. The van der Waals surface area contributed by atoms with Crippen LogP contribution in [0.5, 0.6) is 0 Å². The van der Waals surface area contributed by atoms with Crippen molar-refractivity contribution in [2.75, 3.05) is 0 Å². The quantitative estimate of drug-likeness (QED) is 0.170. The normalized spacial score (nSPS) is 15.2. The molecular formula is C54H48S. The molecule has 0 nitrogen and oxygen atoms in total. The standard InChI is InChI=1S/C54H48S/c1-51(2,3)34-21-25-36(26-22-34)54(37-27-23-35(24-28-37)52(4,5)6)45-32-43(47-31-33-15-9-14-20-46(33)55-47)38-16-10-11-18-40(38)48(45)42-30-29-41-39-17-12-13-19-44(39)53(7,8)49(41)50(42)54/h9-32H,1-8H3. The van der Waals surface area contributed by atoms with Gasteiger partial charge in [-0.3, -0.25) is 0 Å². The maximum atomic E-state index is 2.60. The number of fused-ring (bicyclic) bond motifs is 10. The van der Waals surface area contributed by atoms with Crippen molar-refractivity contribution < 1.29 is 0 Å². The van der Waals surface area contributed by atoms with Crippen LogP contribution in [0.1, 0.15) is 99.9 Å². The third kappa shape index (κ3) is 4.82. The van der Waals surface area contributed by atoms with Crippen LogP contribution in [0.15, 0.2) is 146 Å². The van der Waals surface area contributed by atoms with E-state index in [1.165, 1.54) is 98.1 Å². The van der Waals surface area contributed by atoms with E-state index in [0.29, 0.717) is 0 Å².